The number of nitrogens with zero attached hydrogens (tertiary/aromatic N) is 2. The molecule has 4 N–H and O–H groups in total. The summed E-state index contributed by atoms with van der Waals surface area (Å²) < 4.78 is 0. The van der Waals surface area contributed by atoms with Gasteiger partial charge in [-0.1, -0.05) is 0 Å². The molecule has 18 heavy (non-hydrogen) atoms. The third-order valence-electron chi connectivity index (χ3n) is 2.06. The van der Waals surface area contributed by atoms with Crippen molar-refractivity contribution in [1.29, 1.82) is 0 Å². The fourth-order valence-electron chi connectivity index (χ4n) is 1.29. The summed E-state index contributed by atoms with van der Waals surface area (Å²) in [6.07, 6.45) is 1.00. The Morgan fingerprint density at radius 2 is 2.17 bits per heavy atom. The van der Waals surface area contributed by atoms with Crippen LogP contribution in [0.4, 0.5) is 11.6 Å². The van der Waals surface area contributed by atoms with Crippen LogP contribution in [0.5, 0.6) is 5.75 Å². The Labute approximate surface area is 99.9 Å². The Morgan fingerprint density at radius 3 is 2.83 bits per heavy atom. The van der Waals surface area contributed by atoms with E-state index >= 15 is 0 Å². The summed E-state index contributed by atoms with van der Waals surface area (Å²) >= 11 is 0. The van der Waals surface area contributed by atoms with E-state index in [9.17, 15) is 14.7 Å². The molecular formula is C10H8N4O4. The van der Waals surface area contributed by atoms with Gasteiger partial charge < -0.3 is 15.5 Å². The third kappa shape index (κ3) is 2.43. The van der Waals surface area contributed by atoms with Crippen LogP contribution in [0, 0.1) is 0 Å². The first-order chi connectivity index (χ1) is 8.56. The zero-order valence-corrected chi connectivity index (χ0v) is 8.91. The van der Waals surface area contributed by atoms with Gasteiger partial charge in [0.25, 0.3) is 5.56 Å². The number of nitrogens with one attached hydrogen (secondary N) is 2. The second kappa shape index (κ2) is 4.53. The van der Waals surface area contributed by atoms with Crippen LogP contribution in [0.15, 0.2) is 29.2 Å². The number of aromatic nitrogens is 3. The van der Waals surface area contributed by atoms with Crippen molar-refractivity contribution in [2.75, 3.05) is 5.32 Å². The molecule has 0 fully saturated rings. The van der Waals surface area contributed by atoms with Crippen molar-refractivity contribution in [3.05, 3.63) is 40.3 Å². The van der Waals surface area contributed by atoms with E-state index in [0.717, 1.165) is 6.20 Å². The molecule has 0 amide bonds. The molecule has 0 atom stereocenters. The van der Waals surface area contributed by atoms with Gasteiger partial charge in [0.2, 0.25) is 5.95 Å². The fraction of sp³-hybridized carbons (Fsp3) is 0. The summed E-state index contributed by atoms with van der Waals surface area (Å²) in [7, 11) is 0. The first kappa shape index (κ1) is 11.6. The van der Waals surface area contributed by atoms with E-state index in [-0.39, 0.29) is 17.3 Å². The maximum Gasteiger partial charge on any atom is 0.339 e. The summed E-state index contributed by atoms with van der Waals surface area (Å²) in [5.74, 6) is -1.53. The van der Waals surface area contributed by atoms with Crippen LogP contribution < -0.4 is 10.9 Å². The third-order valence-corrected chi connectivity index (χ3v) is 2.06. The SMILES string of the molecule is O=C(O)c1cc(Nc2nncc(=O)[nH]2)ccc1O. The van der Waals surface area contributed by atoms with Crippen LogP contribution in [-0.2, 0) is 0 Å². The van der Waals surface area contributed by atoms with Crippen LogP contribution in [0.25, 0.3) is 0 Å². The van der Waals surface area contributed by atoms with Crippen LogP contribution in [-0.4, -0.2) is 31.4 Å². The number of anilines is 2. The minimum atomic E-state index is -1.26. The minimum Gasteiger partial charge on any atom is -0.507 e. The minimum absolute atomic E-state index is 0.0736. The van der Waals surface area contributed by atoms with Gasteiger partial charge in [-0.25, -0.2) is 4.79 Å². The highest BCUT2D eigenvalue weighted by Crippen LogP contribution is 2.22. The number of hydrogen-bond donors (Lipinski definition) is 4. The number of carboxylic acid groups (broad SMARTS) is 1. The Balaban J connectivity index is 2.33. The fourth-order valence-corrected chi connectivity index (χ4v) is 1.29. The number of hydrogen-bond acceptors (Lipinski definition) is 6. The number of carbonyl (C=O) groups is 1. The van der Waals surface area contributed by atoms with Gasteiger partial charge in [-0.15, -0.1) is 10.2 Å². The van der Waals surface area contributed by atoms with E-state index < -0.39 is 11.5 Å². The Morgan fingerprint density at radius 1 is 1.39 bits per heavy atom. The van der Waals surface area contributed by atoms with Gasteiger partial charge in [0.15, 0.2) is 0 Å². The molecule has 2 aromatic rings. The number of H-pyrrole nitrogens is 1. The maximum absolute atomic E-state index is 11.0. The highest BCUT2D eigenvalue weighted by Gasteiger charge is 2.10. The van der Waals surface area contributed by atoms with Crippen molar-refractivity contribution in [3.8, 4) is 5.75 Å². The lowest BCUT2D eigenvalue weighted by atomic mass is 10.2. The summed E-state index contributed by atoms with van der Waals surface area (Å²) in [5.41, 5.74) is -0.350. The van der Waals surface area contributed by atoms with E-state index in [1.807, 2.05) is 0 Å². The van der Waals surface area contributed by atoms with E-state index in [1.54, 1.807) is 0 Å². The Kier molecular flexibility index (Phi) is 2.92. The van der Waals surface area contributed by atoms with E-state index in [1.165, 1.54) is 18.2 Å². The largest absolute Gasteiger partial charge is 0.507 e. The number of aromatic amines is 1. The summed E-state index contributed by atoms with van der Waals surface area (Å²) in [4.78, 5) is 24.2. The summed E-state index contributed by atoms with van der Waals surface area (Å²) in [6.45, 7) is 0. The molecule has 0 saturated carbocycles. The molecule has 0 aliphatic rings. The molecule has 0 aliphatic heterocycles. The molecule has 0 aliphatic carbocycles. The van der Waals surface area contributed by atoms with E-state index in [2.05, 4.69) is 20.5 Å². The molecule has 1 aromatic carbocycles. The van der Waals surface area contributed by atoms with Crippen molar-refractivity contribution >= 4 is 17.6 Å². The zero-order valence-electron chi connectivity index (χ0n) is 8.91. The molecule has 1 heterocycles. The van der Waals surface area contributed by atoms with Gasteiger partial charge in [0.05, 0.1) is 0 Å². The summed E-state index contributed by atoms with van der Waals surface area (Å²) in [6, 6.07) is 3.87. The topological polar surface area (TPSA) is 128 Å². The van der Waals surface area contributed by atoms with Crippen molar-refractivity contribution in [1.82, 2.24) is 15.2 Å². The number of phenols is 1. The average molecular weight is 248 g/mol. The predicted molar refractivity (Wildman–Crippen MR) is 61.0 cm³/mol. The van der Waals surface area contributed by atoms with E-state index in [0.29, 0.717) is 5.69 Å². The van der Waals surface area contributed by atoms with Gasteiger partial charge >= 0.3 is 5.97 Å². The predicted octanol–water partition coefficient (Wildman–Crippen LogP) is 0.312. The second-order valence-corrected chi connectivity index (χ2v) is 3.34. The van der Waals surface area contributed by atoms with Crippen LogP contribution >= 0.6 is 0 Å². The second-order valence-electron chi connectivity index (χ2n) is 3.34. The molecular weight excluding hydrogens is 240 g/mol. The molecule has 8 nitrogen and oxygen atoms in total. The van der Waals surface area contributed by atoms with Crippen molar-refractivity contribution in [2.24, 2.45) is 0 Å². The summed E-state index contributed by atoms with van der Waals surface area (Å²) in [5, 5.41) is 27.9. The lowest BCUT2D eigenvalue weighted by Gasteiger charge is -2.06. The highest BCUT2D eigenvalue weighted by atomic mass is 16.4. The molecule has 92 valence electrons. The van der Waals surface area contributed by atoms with Crippen molar-refractivity contribution in [3.63, 3.8) is 0 Å². The monoisotopic (exact) mass is 248 g/mol. The van der Waals surface area contributed by atoms with Gasteiger partial charge in [-0.05, 0) is 18.2 Å². The van der Waals surface area contributed by atoms with Crippen LogP contribution in [0.2, 0.25) is 0 Å². The molecule has 0 saturated heterocycles. The van der Waals surface area contributed by atoms with Crippen LogP contribution in [0.3, 0.4) is 0 Å². The normalized spacial score (nSPS) is 10.0. The smallest absolute Gasteiger partial charge is 0.339 e. The molecule has 0 spiro atoms. The Hall–Kier alpha value is -2.90. The van der Waals surface area contributed by atoms with Gasteiger partial charge in [0, 0.05) is 5.69 Å². The number of carboxylic acids is 1. The molecule has 1 aromatic heterocycles. The molecule has 0 bridgehead atoms. The molecule has 8 heteroatoms. The number of aromatic carboxylic acids is 1. The molecule has 0 unspecified atom stereocenters. The highest BCUT2D eigenvalue weighted by molar-refractivity contribution is 5.92. The van der Waals surface area contributed by atoms with E-state index in [4.69, 9.17) is 5.11 Å². The first-order valence-electron chi connectivity index (χ1n) is 4.81. The lowest BCUT2D eigenvalue weighted by Crippen LogP contribution is -2.10. The van der Waals surface area contributed by atoms with Gasteiger partial charge in [0.1, 0.15) is 17.5 Å². The number of benzene rings is 1. The standard InChI is InChI=1S/C10H8N4O4/c15-7-2-1-5(3-6(7)9(17)18)12-10-13-8(16)4-11-14-10/h1-4,15H,(H,17,18)(H2,12,13,14,16). The van der Waals surface area contributed by atoms with Crippen molar-refractivity contribution in [2.45, 2.75) is 0 Å². The van der Waals surface area contributed by atoms with Gasteiger partial charge in [-0.3, -0.25) is 9.78 Å². The number of aromatic hydroxyl groups is 1. The first-order valence-corrected chi connectivity index (χ1v) is 4.81. The lowest BCUT2D eigenvalue weighted by molar-refractivity contribution is 0.0694. The Bertz CT molecular complexity index is 652. The average Bonchev–Trinajstić information content (AvgIpc) is 2.31. The van der Waals surface area contributed by atoms with Crippen LogP contribution in [0.1, 0.15) is 10.4 Å². The molecule has 2 rings (SSSR count). The van der Waals surface area contributed by atoms with Gasteiger partial charge in [-0.2, -0.15) is 0 Å². The molecule has 0 radical (unpaired) electrons. The number of rotatable bonds is 3. The van der Waals surface area contributed by atoms with Crippen molar-refractivity contribution < 1.29 is 15.0 Å². The quantitative estimate of drug-likeness (QED) is 0.575. The maximum atomic E-state index is 11.0. The zero-order chi connectivity index (χ0) is 13.1.